The molecular formula is C15H22ClNO. The topological polar surface area (TPSA) is 21.3 Å². The van der Waals surface area contributed by atoms with Crippen LogP contribution in [-0.2, 0) is 0 Å². The molecule has 1 saturated heterocycles. The lowest BCUT2D eigenvalue weighted by Crippen LogP contribution is -2.37. The van der Waals surface area contributed by atoms with Crippen LogP contribution >= 0.6 is 11.6 Å². The minimum absolute atomic E-state index is 0.255. The first-order chi connectivity index (χ1) is 8.70. The second-order valence-corrected chi connectivity index (χ2v) is 5.49. The van der Waals surface area contributed by atoms with E-state index in [1.165, 1.54) is 12.0 Å². The number of hydrogen-bond acceptors (Lipinski definition) is 2. The highest BCUT2D eigenvalue weighted by Crippen LogP contribution is 2.30. The van der Waals surface area contributed by atoms with E-state index in [1.54, 1.807) is 0 Å². The van der Waals surface area contributed by atoms with Crippen molar-refractivity contribution in [3.63, 3.8) is 0 Å². The molecule has 0 aliphatic carbocycles. The largest absolute Gasteiger partial charge is 0.488 e. The van der Waals surface area contributed by atoms with Crippen LogP contribution in [0.2, 0.25) is 5.02 Å². The van der Waals surface area contributed by atoms with E-state index >= 15 is 0 Å². The summed E-state index contributed by atoms with van der Waals surface area (Å²) in [4.78, 5) is 0. The second-order valence-electron chi connectivity index (χ2n) is 5.09. The first kappa shape index (κ1) is 13.7. The number of rotatable bonds is 4. The first-order valence-corrected chi connectivity index (χ1v) is 7.25. The maximum Gasteiger partial charge on any atom is 0.138 e. The van der Waals surface area contributed by atoms with E-state index in [2.05, 4.69) is 25.2 Å². The van der Waals surface area contributed by atoms with E-state index < -0.39 is 0 Å². The summed E-state index contributed by atoms with van der Waals surface area (Å²) in [7, 11) is 0. The molecule has 1 aromatic rings. The van der Waals surface area contributed by atoms with E-state index in [1.807, 2.05) is 12.1 Å². The molecule has 1 aromatic carbocycles. The maximum atomic E-state index is 6.30. The molecule has 0 bridgehead atoms. The Morgan fingerprint density at radius 3 is 2.94 bits per heavy atom. The Bertz CT molecular complexity index is 388. The van der Waals surface area contributed by atoms with Gasteiger partial charge in [-0.2, -0.15) is 0 Å². The molecule has 3 heteroatoms. The predicted molar refractivity (Wildman–Crippen MR) is 76.7 cm³/mol. The quantitative estimate of drug-likeness (QED) is 0.891. The third-order valence-electron chi connectivity index (χ3n) is 3.68. The molecule has 1 N–H and O–H groups in total. The van der Waals surface area contributed by atoms with Gasteiger partial charge in [-0.1, -0.05) is 31.5 Å². The van der Waals surface area contributed by atoms with Crippen molar-refractivity contribution >= 4 is 11.6 Å². The first-order valence-electron chi connectivity index (χ1n) is 6.87. The summed E-state index contributed by atoms with van der Waals surface area (Å²) in [5, 5.41) is 4.08. The highest BCUT2D eigenvalue weighted by molar-refractivity contribution is 6.32. The predicted octanol–water partition coefficient (Wildman–Crippen LogP) is 3.98. The molecule has 1 aliphatic heterocycles. The van der Waals surface area contributed by atoms with Crippen molar-refractivity contribution in [2.45, 2.75) is 45.1 Å². The van der Waals surface area contributed by atoms with Crippen LogP contribution in [0.4, 0.5) is 0 Å². The number of nitrogens with one attached hydrogen (secondary N) is 1. The van der Waals surface area contributed by atoms with Crippen LogP contribution in [0, 0.1) is 0 Å². The van der Waals surface area contributed by atoms with Gasteiger partial charge in [0, 0.05) is 6.54 Å². The number of piperidine rings is 1. The monoisotopic (exact) mass is 267 g/mol. The number of hydrogen-bond donors (Lipinski definition) is 1. The zero-order valence-corrected chi connectivity index (χ0v) is 12.0. The van der Waals surface area contributed by atoms with Gasteiger partial charge < -0.3 is 10.1 Å². The van der Waals surface area contributed by atoms with Gasteiger partial charge in [-0.25, -0.2) is 0 Å². The van der Waals surface area contributed by atoms with Crippen LogP contribution in [-0.4, -0.2) is 19.2 Å². The summed E-state index contributed by atoms with van der Waals surface area (Å²) >= 11 is 6.30. The molecular weight excluding hydrogens is 246 g/mol. The lowest BCUT2D eigenvalue weighted by molar-refractivity contribution is 0.167. The van der Waals surface area contributed by atoms with Crippen molar-refractivity contribution in [1.29, 1.82) is 0 Å². The molecule has 2 atom stereocenters. The highest BCUT2D eigenvalue weighted by Gasteiger charge is 2.16. The number of benzene rings is 1. The molecule has 0 spiro atoms. The summed E-state index contributed by atoms with van der Waals surface area (Å²) in [5.74, 6) is 1.37. The van der Waals surface area contributed by atoms with Crippen molar-refractivity contribution in [2.24, 2.45) is 0 Å². The number of ether oxygens (including phenoxy) is 1. The third kappa shape index (κ3) is 3.39. The molecule has 2 rings (SSSR count). The molecule has 0 saturated carbocycles. The van der Waals surface area contributed by atoms with Crippen molar-refractivity contribution in [1.82, 2.24) is 5.32 Å². The highest BCUT2D eigenvalue weighted by atomic mass is 35.5. The fraction of sp³-hybridized carbons (Fsp3) is 0.600. The van der Waals surface area contributed by atoms with Gasteiger partial charge >= 0.3 is 0 Å². The van der Waals surface area contributed by atoms with Crippen molar-refractivity contribution < 1.29 is 4.74 Å². The van der Waals surface area contributed by atoms with Crippen molar-refractivity contribution in [3.05, 3.63) is 28.8 Å². The van der Waals surface area contributed by atoms with Crippen LogP contribution in [0.15, 0.2) is 18.2 Å². The van der Waals surface area contributed by atoms with E-state index in [-0.39, 0.29) is 6.10 Å². The summed E-state index contributed by atoms with van der Waals surface area (Å²) in [6.07, 6.45) is 3.66. The van der Waals surface area contributed by atoms with E-state index in [4.69, 9.17) is 16.3 Å². The van der Waals surface area contributed by atoms with Crippen LogP contribution in [0.3, 0.4) is 0 Å². The molecule has 100 valence electrons. The fourth-order valence-electron chi connectivity index (χ4n) is 2.25. The summed E-state index contributed by atoms with van der Waals surface area (Å²) in [5.41, 5.74) is 1.29. The molecule has 1 heterocycles. The van der Waals surface area contributed by atoms with Crippen LogP contribution in [0.1, 0.15) is 44.6 Å². The Morgan fingerprint density at radius 2 is 2.33 bits per heavy atom. The molecule has 1 aliphatic rings. The second kappa shape index (κ2) is 6.44. The molecule has 0 radical (unpaired) electrons. The van der Waals surface area contributed by atoms with Gasteiger partial charge in [0.05, 0.1) is 5.02 Å². The van der Waals surface area contributed by atoms with E-state index in [0.29, 0.717) is 5.92 Å². The fourth-order valence-corrected chi connectivity index (χ4v) is 2.49. The standard InChI is InChI=1S/C15H22ClNO/c1-3-11(2)12-6-7-15(14(16)9-12)18-13-5-4-8-17-10-13/h6-7,9,11,13,17H,3-5,8,10H2,1-2H3/t11-,13-/m0/s1. The average molecular weight is 268 g/mol. The van der Waals surface area contributed by atoms with Gasteiger partial charge in [0.25, 0.3) is 0 Å². The molecule has 0 amide bonds. The molecule has 0 aromatic heterocycles. The lowest BCUT2D eigenvalue weighted by atomic mass is 9.99. The Kier molecular flexibility index (Phi) is 4.90. The average Bonchev–Trinajstić information content (AvgIpc) is 2.41. The molecule has 0 unspecified atom stereocenters. The van der Waals surface area contributed by atoms with Crippen molar-refractivity contribution in [2.75, 3.05) is 13.1 Å². The maximum absolute atomic E-state index is 6.30. The van der Waals surface area contributed by atoms with E-state index in [9.17, 15) is 0 Å². The molecule has 1 fully saturated rings. The van der Waals surface area contributed by atoms with Gasteiger partial charge in [-0.05, 0) is 49.4 Å². The van der Waals surface area contributed by atoms with Gasteiger partial charge in [0.2, 0.25) is 0 Å². The normalized spacial score (nSPS) is 21.6. The van der Waals surface area contributed by atoms with Gasteiger partial charge in [0.15, 0.2) is 0 Å². The SMILES string of the molecule is CC[C@H](C)c1ccc(O[C@H]2CCCNC2)c(Cl)c1. The smallest absolute Gasteiger partial charge is 0.138 e. The van der Waals surface area contributed by atoms with Gasteiger partial charge in [-0.15, -0.1) is 0 Å². The minimum atomic E-state index is 0.255. The molecule has 2 nitrogen and oxygen atoms in total. The summed E-state index contributed by atoms with van der Waals surface area (Å²) in [6, 6.07) is 6.19. The Morgan fingerprint density at radius 1 is 1.50 bits per heavy atom. The van der Waals surface area contributed by atoms with Gasteiger partial charge in [-0.3, -0.25) is 0 Å². The Balaban J connectivity index is 2.04. The zero-order valence-electron chi connectivity index (χ0n) is 11.2. The van der Waals surface area contributed by atoms with Crippen LogP contribution in [0.5, 0.6) is 5.75 Å². The van der Waals surface area contributed by atoms with E-state index in [0.717, 1.165) is 36.7 Å². The zero-order chi connectivity index (χ0) is 13.0. The Labute approximate surface area is 115 Å². The van der Waals surface area contributed by atoms with Gasteiger partial charge in [0.1, 0.15) is 11.9 Å². The van der Waals surface area contributed by atoms with Crippen molar-refractivity contribution in [3.8, 4) is 5.75 Å². The third-order valence-corrected chi connectivity index (χ3v) is 3.98. The Hall–Kier alpha value is -0.730. The van der Waals surface area contributed by atoms with Crippen LogP contribution < -0.4 is 10.1 Å². The lowest BCUT2D eigenvalue weighted by Gasteiger charge is -2.24. The summed E-state index contributed by atoms with van der Waals surface area (Å²) < 4.78 is 5.96. The van der Waals surface area contributed by atoms with Crippen LogP contribution in [0.25, 0.3) is 0 Å². The minimum Gasteiger partial charge on any atom is -0.488 e. The molecule has 18 heavy (non-hydrogen) atoms. The number of halogens is 1. The summed E-state index contributed by atoms with van der Waals surface area (Å²) in [6.45, 7) is 6.43.